The Morgan fingerprint density at radius 2 is 2.35 bits per heavy atom. The molecule has 8 heteroatoms. The van der Waals surface area contributed by atoms with E-state index in [2.05, 4.69) is 15.5 Å². The van der Waals surface area contributed by atoms with Gasteiger partial charge in [0.2, 0.25) is 5.75 Å². The van der Waals surface area contributed by atoms with Gasteiger partial charge in [0.1, 0.15) is 6.61 Å². The number of para-hydroxylation sites is 1. The lowest BCUT2D eigenvalue weighted by atomic mass is 10.1. The predicted molar refractivity (Wildman–Crippen MR) is 55.4 cm³/mol. The summed E-state index contributed by atoms with van der Waals surface area (Å²) >= 11 is 0. The zero-order chi connectivity index (χ0) is 11.8. The topological polar surface area (TPSA) is 96.0 Å². The van der Waals surface area contributed by atoms with Crippen molar-refractivity contribution in [3.8, 4) is 17.1 Å². The SMILES string of the molecule is O=[N+]([O-])c1cccc2c1OCCn1nnnc1-2. The molecule has 2 heterocycles. The van der Waals surface area contributed by atoms with E-state index in [9.17, 15) is 10.1 Å². The standard InChI is InChI=1S/C9H7N5O3/c15-14(16)7-3-1-2-6-8(7)17-5-4-13-9(6)10-11-12-13/h1-3H,4-5H2. The fraction of sp³-hybridized carbons (Fsp3) is 0.222. The molecule has 0 amide bonds. The Labute approximate surface area is 95.0 Å². The van der Waals surface area contributed by atoms with Crippen molar-refractivity contribution in [2.75, 3.05) is 6.61 Å². The molecule has 0 aliphatic carbocycles. The van der Waals surface area contributed by atoms with Crippen molar-refractivity contribution >= 4 is 5.69 Å². The highest BCUT2D eigenvalue weighted by molar-refractivity contribution is 5.71. The van der Waals surface area contributed by atoms with E-state index in [-0.39, 0.29) is 11.4 Å². The predicted octanol–water partition coefficient (Wildman–Crippen LogP) is 0.641. The summed E-state index contributed by atoms with van der Waals surface area (Å²) in [6.45, 7) is 0.768. The molecule has 0 N–H and O–H groups in total. The van der Waals surface area contributed by atoms with Crippen LogP contribution >= 0.6 is 0 Å². The second-order valence-corrected chi connectivity index (χ2v) is 3.49. The van der Waals surface area contributed by atoms with E-state index in [1.54, 1.807) is 16.8 Å². The highest BCUT2D eigenvalue weighted by atomic mass is 16.6. The van der Waals surface area contributed by atoms with Gasteiger partial charge in [0.25, 0.3) is 0 Å². The summed E-state index contributed by atoms with van der Waals surface area (Å²) in [5.41, 5.74) is 0.473. The molecule has 0 atom stereocenters. The fourth-order valence-electron chi connectivity index (χ4n) is 1.78. The molecule has 1 aromatic carbocycles. The van der Waals surface area contributed by atoms with Crippen LogP contribution in [-0.2, 0) is 6.54 Å². The molecule has 0 spiro atoms. The van der Waals surface area contributed by atoms with Crippen LogP contribution in [0.3, 0.4) is 0 Å². The largest absolute Gasteiger partial charge is 0.484 e. The number of benzene rings is 1. The van der Waals surface area contributed by atoms with Crippen molar-refractivity contribution < 1.29 is 9.66 Å². The van der Waals surface area contributed by atoms with E-state index in [4.69, 9.17) is 4.74 Å². The van der Waals surface area contributed by atoms with Crippen LogP contribution in [0.5, 0.6) is 5.75 Å². The van der Waals surface area contributed by atoms with Crippen molar-refractivity contribution in [3.63, 3.8) is 0 Å². The highest BCUT2D eigenvalue weighted by Gasteiger charge is 2.25. The first kappa shape index (κ1) is 9.70. The quantitative estimate of drug-likeness (QED) is 0.529. The molecule has 3 rings (SSSR count). The summed E-state index contributed by atoms with van der Waals surface area (Å²) in [5, 5.41) is 22.1. The molecule has 1 aliphatic heterocycles. The van der Waals surface area contributed by atoms with Gasteiger partial charge in [-0.05, 0) is 16.5 Å². The van der Waals surface area contributed by atoms with Crippen molar-refractivity contribution in [1.29, 1.82) is 0 Å². The number of tetrazole rings is 1. The van der Waals surface area contributed by atoms with Crippen LogP contribution < -0.4 is 4.74 Å². The van der Waals surface area contributed by atoms with Crippen LogP contribution in [0, 0.1) is 10.1 Å². The van der Waals surface area contributed by atoms with E-state index in [0.29, 0.717) is 24.5 Å². The highest BCUT2D eigenvalue weighted by Crippen LogP contribution is 2.37. The summed E-state index contributed by atoms with van der Waals surface area (Å²) in [5.74, 6) is 0.715. The van der Waals surface area contributed by atoms with Crippen LogP contribution in [-0.4, -0.2) is 31.7 Å². The first-order valence-corrected chi connectivity index (χ1v) is 4.94. The van der Waals surface area contributed by atoms with E-state index in [1.165, 1.54) is 6.07 Å². The maximum atomic E-state index is 10.9. The van der Waals surface area contributed by atoms with E-state index >= 15 is 0 Å². The van der Waals surface area contributed by atoms with Gasteiger partial charge in [0, 0.05) is 6.07 Å². The van der Waals surface area contributed by atoms with Gasteiger partial charge in [0.15, 0.2) is 5.82 Å². The molecular weight excluding hydrogens is 226 g/mol. The number of hydrogen-bond donors (Lipinski definition) is 0. The number of aromatic nitrogens is 4. The number of fused-ring (bicyclic) bond motifs is 3. The summed E-state index contributed by atoms with van der Waals surface area (Å²) < 4.78 is 6.98. The first-order chi connectivity index (χ1) is 8.27. The van der Waals surface area contributed by atoms with Crippen LogP contribution in [0.2, 0.25) is 0 Å². The minimum absolute atomic E-state index is 0.0704. The lowest BCUT2D eigenvalue weighted by Gasteiger charge is -2.05. The molecule has 0 fully saturated rings. The number of ether oxygens (including phenoxy) is 1. The molecule has 0 unspecified atom stereocenters. The van der Waals surface area contributed by atoms with Gasteiger partial charge < -0.3 is 4.74 Å². The van der Waals surface area contributed by atoms with Gasteiger partial charge in [-0.3, -0.25) is 10.1 Å². The zero-order valence-electron chi connectivity index (χ0n) is 8.61. The van der Waals surface area contributed by atoms with Gasteiger partial charge in [-0.2, -0.15) is 0 Å². The summed E-state index contributed by atoms with van der Waals surface area (Å²) in [7, 11) is 0. The maximum Gasteiger partial charge on any atom is 0.311 e. The second-order valence-electron chi connectivity index (χ2n) is 3.49. The van der Waals surface area contributed by atoms with E-state index in [1.807, 2.05) is 0 Å². The summed E-state index contributed by atoms with van der Waals surface area (Å²) in [6, 6.07) is 4.69. The van der Waals surface area contributed by atoms with Crippen molar-refractivity contribution in [2.45, 2.75) is 6.54 Å². The maximum absolute atomic E-state index is 10.9. The number of nitro benzene ring substituents is 1. The number of rotatable bonds is 1. The third kappa shape index (κ3) is 1.41. The monoisotopic (exact) mass is 233 g/mol. The number of nitrogens with zero attached hydrogens (tertiary/aromatic N) is 5. The van der Waals surface area contributed by atoms with Crippen molar-refractivity contribution in [3.05, 3.63) is 28.3 Å². The average molecular weight is 233 g/mol. The zero-order valence-corrected chi connectivity index (χ0v) is 8.61. The Balaban J connectivity index is 2.27. The van der Waals surface area contributed by atoms with E-state index in [0.717, 1.165) is 0 Å². The molecule has 1 aliphatic rings. The minimum atomic E-state index is -0.474. The van der Waals surface area contributed by atoms with Gasteiger partial charge in [-0.25, -0.2) is 4.68 Å². The van der Waals surface area contributed by atoms with Crippen LogP contribution in [0.15, 0.2) is 18.2 Å². The molecule has 0 bridgehead atoms. The Morgan fingerprint density at radius 1 is 1.47 bits per heavy atom. The Kier molecular flexibility index (Phi) is 2.00. The molecule has 86 valence electrons. The summed E-state index contributed by atoms with van der Waals surface area (Å²) in [4.78, 5) is 10.4. The number of nitro groups is 1. The number of hydrogen-bond acceptors (Lipinski definition) is 6. The average Bonchev–Trinajstić information content (AvgIpc) is 2.70. The normalized spacial score (nSPS) is 13.2. The van der Waals surface area contributed by atoms with Crippen LogP contribution in [0.1, 0.15) is 0 Å². The van der Waals surface area contributed by atoms with Crippen LogP contribution in [0.25, 0.3) is 11.4 Å². The first-order valence-electron chi connectivity index (χ1n) is 4.94. The Bertz CT molecular complexity index is 594. The Morgan fingerprint density at radius 3 is 3.18 bits per heavy atom. The molecule has 0 saturated heterocycles. The lowest BCUT2D eigenvalue weighted by molar-refractivity contribution is -0.385. The van der Waals surface area contributed by atoms with Gasteiger partial charge in [0.05, 0.1) is 17.0 Å². The third-order valence-corrected chi connectivity index (χ3v) is 2.51. The molecular formula is C9H7N5O3. The van der Waals surface area contributed by atoms with Crippen molar-refractivity contribution in [1.82, 2.24) is 20.2 Å². The van der Waals surface area contributed by atoms with Gasteiger partial charge >= 0.3 is 5.69 Å². The smallest absolute Gasteiger partial charge is 0.311 e. The molecule has 17 heavy (non-hydrogen) atoms. The fourth-order valence-corrected chi connectivity index (χ4v) is 1.78. The van der Waals surface area contributed by atoms with Gasteiger partial charge in [-0.1, -0.05) is 6.07 Å². The summed E-state index contributed by atoms with van der Waals surface area (Å²) in [6.07, 6.45) is 0. The molecule has 0 saturated carbocycles. The van der Waals surface area contributed by atoms with Crippen LogP contribution in [0.4, 0.5) is 5.69 Å². The van der Waals surface area contributed by atoms with Crippen molar-refractivity contribution in [2.24, 2.45) is 0 Å². The molecule has 2 aromatic rings. The van der Waals surface area contributed by atoms with E-state index < -0.39 is 4.92 Å². The molecule has 0 radical (unpaired) electrons. The van der Waals surface area contributed by atoms with Gasteiger partial charge in [-0.15, -0.1) is 5.10 Å². The second kappa shape index (κ2) is 3.51. The minimum Gasteiger partial charge on any atom is -0.484 e. The lowest BCUT2D eigenvalue weighted by Crippen LogP contribution is -2.07. The Hall–Kier alpha value is -2.51. The third-order valence-electron chi connectivity index (χ3n) is 2.51. The molecule has 8 nitrogen and oxygen atoms in total. The molecule has 1 aromatic heterocycles.